The third-order valence-electron chi connectivity index (χ3n) is 3.94. The number of fused-ring (bicyclic) bond motifs is 1. The van der Waals surface area contributed by atoms with Crippen molar-refractivity contribution < 1.29 is 9.90 Å². The Balaban J connectivity index is 2.05. The summed E-state index contributed by atoms with van der Waals surface area (Å²) in [5.41, 5.74) is 2.28. The molecule has 1 aromatic carbocycles. The smallest absolute Gasteiger partial charge is 0.256 e. The summed E-state index contributed by atoms with van der Waals surface area (Å²) >= 11 is 0. The highest BCUT2D eigenvalue weighted by molar-refractivity contribution is 6.05. The van der Waals surface area contributed by atoms with Crippen LogP contribution in [0, 0.1) is 6.92 Å². The predicted octanol–water partition coefficient (Wildman–Crippen LogP) is 2.14. The number of aryl methyl sites for hydroxylation is 1. The minimum atomic E-state index is -0.0532. The van der Waals surface area contributed by atoms with E-state index in [9.17, 15) is 9.90 Å². The maximum absolute atomic E-state index is 12.7. The van der Waals surface area contributed by atoms with Crippen LogP contribution in [-0.2, 0) is 0 Å². The fourth-order valence-electron chi connectivity index (χ4n) is 2.86. The third kappa shape index (κ3) is 2.16. The maximum Gasteiger partial charge on any atom is 0.256 e. The standard InChI is InChI=1S/C16H18N2O2/c1-11-7-8-12-4-2-6-14(15(12)17-11)16(20)18-9-3-5-13(18)10-19/h2,4,6-8,13,19H,3,5,9-10H2,1H3/t13-/m0/s1. The molecule has 0 spiro atoms. The van der Waals surface area contributed by atoms with Crippen molar-refractivity contribution in [2.75, 3.05) is 13.2 Å². The van der Waals surface area contributed by atoms with Gasteiger partial charge in [-0.15, -0.1) is 0 Å². The van der Waals surface area contributed by atoms with Gasteiger partial charge in [-0.05, 0) is 31.9 Å². The summed E-state index contributed by atoms with van der Waals surface area (Å²) in [6.07, 6.45) is 1.83. The first-order valence-corrected chi connectivity index (χ1v) is 6.99. The van der Waals surface area contributed by atoms with Gasteiger partial charge in [0.2, 0.25) is 0 Å². The van der Waals surface area contributed by atoms with E-state index in [0.29, 0.717) is 12.1 Å². The molecule has 1 aromatic heterocycles. The van der Waals surface area contributed by atoms with Gasteiger partial charge in [-0.3, -0.25) is 9.78 Å². The van der Waals surface area contributed by atoms with Crippen molar-refractivity contribution in [3.63, 3.8) is 0 Å². The molecule has 3 rings (SSSR count). The minimum absolute atomic E-state index is 0.0229. The number of carbonyl (C=O) groups is 1. The van der Waals surface area contributed by atoms with E-state index in [4.69, 9.17) is 0 Å². The normalized spacial score (nSPS) is 18.7. The second-order valence-electron chi connectivity index (χ2n) is 5.31. The molecule has 0 aliphatic carbocycles. The fraction of sp³-hybridized carbons (Fsp3) is 0.375. The molecule has 4 nitrogen and oxygen atoms in total. The quantitative estimate of drug-likeness (QED) is 0.909. The molecule has 2 aromatic rings. The lowest BCUT2D eigenvalue weighted by Gasteiger charge is -2.23. The number of aliphatic hydroxyl groups excluding tert-OH is 1. The van der Waals surface area contributed by atoms with Crippen LogP contribution in [0.1, 0.15) is 28.9 Å². The fourth-order valence-corrected chi connectivity index (χ4v) is 2.86. The summed E-state index contributed by atoms with van der Waals surface area (Å²) in [5, 5.41) is 10.4. The topological polar surface area (TPSA) is 53.4 Å². The highest BCUT2D eigenvalue weighted by atomic mass is 16.3. The number of hydrogen-bond donors (Lipinski definition) is 1. The zero-order chi connectivity index (χ0) is 14.1. The number of para-hydroxylation sites is 1. The summed E-state index contributed by atoms with van der Waals surface area (Å²) in [7, 11) is 0. The summed E-state index contributed by atoms with van der Waals surface area (Å²) in [5.74, 6) is -0.0229. The summed E-state index contributed by atoms with van der Waals surface area (Å²) < 4.78 is 0. The predicted molar refractivity (Wildman–Crippen MR) is 77.6 cm³/mol. The molecule has 1 atom stereocenters. The van der Waals surface area contributed by atoms with E-state index in [-0.39, 0.29) is 18.6 Å². The molecule has 1 aliphatic heterocycles. The van der Waals surface area contributed by atoms with Crippen molar-refractivity contribution in [2.24, 2.45) is 0 Å². The second-order valence-corrected chi connectivity index (χ2v) is 5.31. The van der Waals surface area contributed by atoms with Crippen LogP contribution in [0.25, 0.3) is 10.9 Å². The molecule has 1 saturated heterocycles. The van der Waals surface area contributed by atoms with Crippen LogP contribution in [0.4, 0.5) is 0 Å². The number of likely N-dealkylation sites (tertiary alicyclic amines) is 1. The van der Waals surface area contributed by atoms with Crippen LogP contribution in [0.3, 0.4) is 0 Å². The van der Waals surface area contributed by atoms with Crippen molar-refractivity contribution in [3.8, 4) is 0 Å². The van der Waals surface area contributed by atoms with Crippen LogP contribution in [0.5, 0.6) is 0 Å². The van der Waals surface area contributed by atoms with Gasteiger partial charge < -0.3 is 10.0 Å². The molecule has 0 saturated carbocycles. The first-order valence-electron chi connectivity index (χ1n) is 6.99. The van der Waals surface area contributed by atoms with Crippen molar-refractivity contribution in [2.45, 2.75) is 25.8 Å². The number of benzene rings is 1. The lowest BCUT2D eigenvalue weighted by atomic mass is 10.1. The lowest BCUT2D eigenvalue weighted by Crippen LogP contribution is -2.37. The van der Waals surface area contributed by atoms with Crippen molar-refractivity contribution in [3.05, 3.63) is 41.6 Å². The number of aliphatic hydroxyl groups is 1. The molecule has 1 N–H and O–H groups in total. The molecule has 1 aliphatic rings. The number of aromatic nitrogens is 1. The Morgan fingerprint density at radius 2 is 2.25 bits per heavy atom. The second kappa shape index (κ2) is 5.21. The number of pyridine rings is 1. The molecule has 1 fully saturated rings. The monoisotopic (exact) mass is 270 g/mol. The van der Waals surface area contributed by atoms with E-state index >= 15 is 0 Å². The zero-order valence-electron chi connectivity index (χ0n) is 11.5. The molecule has 1 amide bonds. The Hall–Kier alpha value is -1.94. The molecule has 4 heteroatoms. The van der Waals surface area contributed by atoms with Gasteiger partial charge >= 0.3 is 0 Å². The average molecular weight is 270 g/mol. The molecule has 104 valence electrons. The van der Waals surface area contributed by atoms with E-state index in [1.807, 2.05) is 37.3 Å². The van der Waals surface area contributed by atoms with Crippen molar-refractivity contribution in [1.82, 2.24) is 9.88 Å². The molecular weight excluding hydrogens is 252 g/mol. The Kier molecular flexibility index (Phi) is 3.40. The Morgan fingerprint density at radius 3 is 3.05 bits per heavy atom. The summed E-state index contributed by atoms with van der Waals surface area (Å²) in [6.45, 7) is 2.67. The van der Waals surface area contributed by atoms with Crippen LogP contribution in [0.15, 0.2) is 30.3 Å². The van der Waals surface area contributed by atoms with Gasteiger partial charge in [0.15, 0.2) is 0 Å². The van der Waals surface area contributed by atoms with Crippen molar-refractivity contribution >= 4 is 16.8 Å². The summed E-state index contributed by atoms with van der Waals surface area (Å²) in [6, 6.07) is 9.56. The first kappa shape index (κ1) is 13.1. The van der Waals surface area contributed by atoms with Gasteiger partial charge in [0, 0.05) is 17.6 Å². The molecule has 0 unspecified atom stereocenters. The SMILES string of the molecule is Cc1ccc2cccc(C(=O)N3CCC[C@H]3CO)c2n1. The van der Waals surface area contributed by atoms with Crippen LogP contribution >= 0.6 is 0 Å². The molecule has 0 bridgehead atoms. The molecule has 2 heterocycles. The van der Waals surface area contributed by atoms with E-state index in [1.54, 1.807) is 4.90 Å². The van der Waals surface area contributed by atoms with Gasteiger partial charge in [0.1, 0.15) is 0 Å². The summed E-state index contributed by atoms with van der Waals surface area (Å²) in [4.78, 5) is 19.0. The third-order valence-corrected chi connectivity index (χ3v) is 3.94. The van der Waals surface area contributed by atoms with E-state index in [2.05, 4.69) is 4.98 Å². The van der Waals surface area contributed by atoms with E-state index < -0.39 is 0 Å². The number of rotatable bonds is 2. The number of nitrogens with zero attached hydrogens (tertiary/aromatic N) is 2. The lowest BCUT2D eigenvalue weighted by molar-refractivity contribution is 0.0679. The molecule has 20 heavy (non-hydrogen) atoms. The highest BCUT2D eigenvalue weighted by Crippen LogP contribution is 2.23. The zero-order valence-corrected chi connectivity index (χ0v) is 11.5. The number of carbonyl (C=O) groups excluding carboxylic acids is 1. The largest absolute Gasteiger partial charge is 0.394 e. The highest BCUT2D eigenvalue weighted by Gasteiger charge is 2.29. The maximum atomic E-state index is 12.7. The van der Waals surface area contributed by atoms with Crippen molar-refractivity contribution in [1.29, 1.82) is 0 Å². The first-order chi connectivity index (χ1) is 9.70. The molecule has 0 radical (unpaired) electrons. The van der Waals surface area contributed by atoms with Crippen LogP contribution < -0.4 is 0 Å². The van der Waals surface area contributed by atoms with Crippen LogP contribution in [-0.4, -0.2) is 40.1 Å². The number of amides is 1. The van der Waals surface area contributed by atoms with E-state index in [0.717, 1.165) is 29.4 Å². The van der Waals surface area contributed by atoms with Gasteiger partial charge in [-0.2, -0.15) is 0 Å². The van der Waals surface area contributed by atoms with Crippen LogP contribution in [0.2, 0.25) is 0 Å². The van der Waals surface area contributed by atoms with E-state index in [1.165, 1.54) is 0 Å². The Morgan fingerprint density at radius 1 is 1.40 bits per heavy atom. The average Bonchev–Trinajstić information content (AvgIpc) is 2.94. The van der Waals surface area contributed by atoms with Gasteiger partial charge in [-0.25, -0.2) is 0 Å². The van der Waals surface area contributed by atoms with Gasteiger partial charge in [0.25, 0.3) is 5.91 Å². The Bertz CT molecular complexity index is 654. The van der Waals surface area contributed by atoms with Gasteiger partial charge in [0.05, 0.1) is 23.7 Å². The minimum Gasteiger partial charge on any atom is -0.394 e. The molecular formula is C16H18N2O2. The Labute approximate surface area is 118 Å². The van der Waals surface area contributed by atoms with Gasteiger partial charge in [-0.1, -0.05) is 18.2 Å². The number of hydrogen-bond acceptors (Lipinski definition) is 3.